The molecule has 2 rings (SSSR count). The molecule has 0 spiro atoms. The van der Waals surface area contributed by atoms with Gasteiger partial charge in [0.1, 0.15) is 23.1 Å². The van der Waals surface area contributed by atoms with Crippen LogP contribution in [0.4, 0.5) is 8.78 Å². The van der Waals surface area contributed by atoms with Gasteiger partial charge >= 0.3 is 0 Å². The van der Waals surface area contributed by atoms with Crippen molar-refractivity contribution in [3.05, 3.63) is 58.1 Å². The lowest BCUT2D eigenvalue weighted by molar-refractivity contribution is -0.123. The molecular weight excluding hydrogens is 453 g/mol. The number of unbranched alkanes of at least 4 members (excludes halogenated alkanes) is 1. The number of carbonyl (C=O) groups is 2. The fourth-order valence-corrected chi connectivity index (χ4v) is 2.62. The Labute approximate surface area is 188 Å². The van der Waals surface area contributed by atoms with Crippen molar-refractivity contribution in [3.8, 4) is 11.5 Å². The number of amides is 2. The van der Waals surface area contributed by atoms with Crippen LogP contribution in [0.1, 0.15) is 19.3 Å². The molecule has 0 fully saturated rings. The largest absolute Gasteiger partial charge is 0.493 e. The maximum Gasteiger partial charge on any atom is 0.257 e. The van der Waals surface area contributed by atoms with Crippen LogP contribution in [0.15, 0.2) is 36.4 Å². The molecule has 0 saturated carbocycles. The van der Waals surface area contributed by atoms with Gasteiger partial charge in [-0.15, -0.1) is 0 Å². The van der Waals surface area contributed by atoms with E-state index >= 15 is 0 Å². The van der Waals surface area contributed by atoms with Gasteiger partial charge in [-0.2, -0.15) is 0 Å². The van der Waals surface area contributed by atoms with Gasteiger partial charge in [-0.1, -0.05) is 23.2 Å². The SMILES string of the molecule is O=C(CCOc1ccc(Cl)c(F)c1)NCCCCNC(=O)COc1ccc(Cl)c(F)c1. The first-order chi connectivity index (χ1) is 14.8. The molecule has 2 N–H and O–H groups in total. The Morgan fingerprint density at radius 1 is 0.806 bits per heavy atom. The number of hydrogen-bond donors (Lipinski definition) is 2. The Balaban J connectivity index is 1.48. The zero-order valence-electron chi connectivity index (χ0n) is 16.6. The predicted octanol–water partition coefficient (Wildman–Crippen LogP) is 4.13. The number of hydrogen-bond acceptors (Lipinski definition) is 4. The number of rotatable bonds is 12. The van der Waals surface area contributed by atoms with Crippen LogP contribution in [0.25, 0.3) is 0 Å². The van der Waals surface area contributed by atoms with E-state index < -0.39 is 11.6 Å². The molecule has 31 heavy (non-hydrogen) atoms. The van der Waals surface area contributed by atoms with Crippen LogP contribution >= 0.6 is 23.2 Å². The maximum atomic E-state index is 13.3. The van der Waals surface area contributed by atoms with Gasteiger partial charge in [0.25, 0.3) is 5.91 Å². The lowest BCUT2D eigenvalue weighted by Crippen LogP contribution is -2.30. The second-order valence-electron chi connectivity index (χ2n) is 6.45. The van der Waals surface area contributed by atoms with E-state index in [0.29, 0.717) is 31.7 Å². The molecule has 10 heteroatoms. The summed E-state index contributed by atoms with van der Waals surface area (Å²) in [6, 6.07) is 8.00. The summed E-state index contributed by atoms with van der Waals surface area (Å²) in [6.07, 6.45) is 1.45. The van der Waals surface area contributed by atoms with Crippen molar-refractivity contribution in [1.82, 2.24) is 10.6 Å². The fourth-order valence-electron chi connectivity index (χ4n) is 2.39. The highest BCUT2D eigenvalue weighted by atomic mass is 35.5. The van der Waals surface area contributed by atoms with Crippen LogP contribution in [0.5, 0.6) is 11.5 Å². The number of benzene rings is 2. The fraction of sp³-hybridized carbons (Fsp3) is 0.333. The standard InChI is InChI=1S/C21H22Cl2F2N2O4/c22-16-5-3-14(11-18(16)24)30-10-7-20(28)26-8-1-2-9-27-21(29)13-31-15-4-6-17(23)19(25)12-15/h3-6,11-12H,1-2,7-10,13H2,(H,26,28)(H,27,29). The lowest BCUT2D eigenvalue weighted by Gasteiger charge is -2.09. The molecule has 0 aliphatic heterocycles. The molecule has 6 nitrogen and oxygen atoms in total. The summed E-state index contributed by atoms with van der Waals surface area (Å²) < 4.78 is 37.1. The van der Waals surface area contributed by atoms with Gasteiger partial charge in [-0.05, 0) is 37.1 Å². The average molecular weight is 475 g/mol. The van der Waals surface area contributed by atoms with Crippen molar-refractivity contribution in [1.29, 1.82) is 0 Å². The predicted molar refractivity (Wildman–Crippen MR) is 114 cm³/mol. The van der Waals surface area contributed by atoms with Crippen LogP contribution in [0.2, 0.25) is 10.0 Å². The van der Waals surface area contributed by atoms with Gasteiger partial charge in [0, 0.05) is 25.2 Å². The Morgan fingerprint density at radius 3 is 1.87 bits per heavy atom. The van der Waals surface area contributed by atoms with Crippen LogP contribution in [0.3, 0.4) is 0 Å². The van der Waals surface area contributed by atoms with Gasteiger partial charge in [-0.25, -0.2) is 8.78 Å². The quantitative estimate of drug-likeness (QED) is 0.453. The van der Waals surface area contributed by atoms with Crippen LogP contribution in [-0.4, -0.2) is 38.1 Å². The molecule has 2 aromatic rings. The molecule has 0 heterocycles. The third kappa shape index (κ3) is 9.40. The third-order valence-corrected chi connectivity index (χ3v) is 4.61. The highest BCUT2D eigenvalue weighted by Gasteiger charge is 2.06. The topological polar surface area (TPSA) is 76.7 Å². The smallest absolute Gasteiger partial charge is 0.257 e. The molecule has 2 amide bonds. The maximum absolute atomic E-state index is 13.3. The summed E-state index contributed by atoms with van der Waals surface area (Å²) in [5.41, 5.74) is 0. The summed E-state index contributed by atoms with van der Waals surface area (Å²) in [5, 5.41) is 5.39. The van der Waals surface area contributed by atoms with Crippen molar-refractivity contribution < 1.29 is 27.8 Å². The average Bonchev–Trinajstić information content (AvgIpc) is 2.74. The minimum atomic E-state index is -0.618. The van der Waals surface area contributed by atoms with Crippen molar-refractivity contribution >= 4 is 35.0 Å². The van der Waals surface area contributed by atoms with Gasteiger partial charge < -0.3 is 20.1 Å². The first-order valence-corrected chi connectivity index (χ1v) is 10.3. The molecule has 0 unspecified atom stereocenters. The summed E-state index contributed by atoms with van der Waals surface area (Å²) >= 11 is 11.2. The van der Waals surface area contributed by atoms with E-state index in [9.17, 15) is 18.4 Å². The van der Waals surface area contributed by atoms with E-state index in [-0.39, 0.29) is 47.2 Å². The Hall–Kier alpha value is -2.58. The lowest BCUT2D eigenvalue weighted by atomic mass is 10.3. The molecule has 0 bridgehead atoms. The van der Waals surface area contributed by atoms with Gasteiger partial charge in [0.15, 0.2) is 6.61 Å². The third-order valence-electron chi connectivity index (χ3n) is 4.00. The first kappa shape index (κ1) is 24.7. The second-order valence-corrected chi connectivity index (χ2v) is 7.26. The van der Waals surface area contributed by atoms with E-state index in [1.807, 2.05) is 0 Å². The summed E-state index contributed by atoms with van der Waals surface area (Å²) in [5.74, 6) is -1.22. The van der Waals surface area contributed by atoms with Crippen molar-refractivity contribution in [3.63, 3.8) is 0 Å². The van der Waals surface area contributed by atoms with Crippen LogP contribution in [0, 0.1) is 11.6 Å². The highest BCUT2D eigenvalue weighted by Crippen LogP contribution is 2.21. The highest BCUT2D eigenvalue weighted by molar-refractivity contribution is 6.31. The van der Waals surface area contributed by atoms with Crippen molar-refractivity contribution in [2.75, 3.05) is 26.3 Å². The van der Waals surface area contributed by atoms with E-state index in [0.717, 1.165) is 12.1 Å². The van der Waals surface area contributed by atoms with E-state index in [2.05, 4.69) is 10.6 Å². The van der Waals surface area contributed by atoms with Crippen LogP contribution in [-0.2, 0) is 9.59 Å². The summed E-state index contributed by atoms with van der Waals surface area (Å²) in [6.45, 7) is 0.735. The summed E-state index contributed by atoms with van der Waals surface area (Å²) in [7, 11) is 0. The molecule has 0 aromatic heterocycles. The number of carbonyl (C=O) groups excluding carboxylic acids is 2. The molecule has 0 atom stereocenters. The molecule has 168 valence electrons. The monoisotopic (exact) mass is 474 g/mol. The molecule has 2 aromatic carbocycles. The normalized spacial score (nSPS) is 10.5. The molecule has 0 aliphatic carbocycles. The Kier molecular flexibility index (Phi) is 10.3. The van der Waals surface area contributed by atoms with E-state index in [4.69, 9.17) is 32.7 Å². The molecular formula is C21H22Cl2F2N2O4. The van der Waals surface area contributed by atoms with Crippen molar-refractivity contribution in [2.24, 2.45) is 0 Å². The molecule has 0 saturated heterocycles. The van der Waals surface area contributed by atoms with Gasteiger partial charge in [0.05, 0.1) is 23.1 Å². The molecule has 0 radical (unpaired) electrons. The Bertz CT molecular complexity index is 900. The first-order valence-electron chi connectivity index (χ1n) is 9.54. The minimum Gasteiger partial charge on any atom is -0.493 e. The zero-order chi connectivity index (χ0) is 22.6. The number of ether oxygens (including phenoxy) is 2. The Morgan fingerprint density at radius 2 is 1.32 bits per heavy atom. The van der Waals surface area contributed by atoms with Crippen LogP contribution < -0.4 is 20.1 Å². The second kappa shape index (κ2) is 13.0. The number of nitrogens with one attached hydrogen (secondary N) is 2. The van der Waals surface area contributed by atoms with Gasteiger partial charge in [-0.3, -0.25) is 9.59 Å². The minimum absolute atomic E-state index is 0.00533. The summed E-state index contributed by atoms with van der Waals surface area (Å²) in [4.78, 5) is 23.5. The van der Waals surface area contributed by atoms with Gasteiger partial charge in [0.2, 0.25) is 5.91 Å². The molecule has 0 aliphatic rings. The van der Waals surface area contributed by atoms with E-state index in [1.54, 1.807) is 0 Å². The number of halogens is 4. The zero-order valence-corrected chi connectivity index (χ0v) is 18.1. The van der Waals surface area contributed by atoms with E-state index in [1.165, 1.54) is 24.3 Å². The van der Waals surface area contributed by atoms with Crippen molar-refractivity contribution in [2.45, 2.75) is 19.3 Å².